The molecule has 0 aliphatic carbocycles. The van der Waals surface area contributed by atoms with E-state index in [-0.39, 0.29) is 6.04 Å². The van der Waals surface area contributed by atoms with Crippen molar-refractivity contribution in [3.63, 3.8) is 0 Å². The summed E-state index contributed by atoms with van der Waals surface area (Å²) in [5, 5.41) is 9.15. The molecule has 0 aliphatic heterocycles. The molecule has 4 nitrogen and oxygen atoms in total. The minimum Gasteiger partial charge on any atom is -0.493 e. The van der Waals surface area contributed by atoms with Crippen molar-refractivity contribution in [3.05, 3.63) is 61.7 Å². The van der Waals surface area contributed by atoms with Crippen LogP contribution in [0.5, 0.6) is 11.5 Å². The number of thiazole rings is 1. The first-order valence-electron chi connectivity index (χ1n) is 8.50. The number of nitrogens with zero attached hydrogens (tertiary/aromatic N) is 1. The average molecular weight is 389 g/mol. The van der Waals surface area contributed by atoms with Crippen LogP contribution in [-0.2, 0) is 13.0 Å². The normalized spacial score (nSPS) is 12.2. The third-order valence-electron chi connectivity index (χ3n) is 4.36. The van der Waals surface area contributed by atoms with Gasteiger partial charge in [-0.3, -0.25) is 0 Å². The lowest BCUT2D eigenvalue weighted by Gasteiger charge is -2.17. The molecular formula is C20H24N2O2S2. The van der Waals surface area contributed by atoms with Crippen LogP contribution in [0, 0.1) is 13.8 Å². The van der Waals surface area contributed by atoms with Crippen LogP contribution < -0.4 is 14.8 Å². The number of aryl methyl sites for hydroxylation is 2. The molecule has 0 spiro atoms. The summed E-state index contributed by atoms with van der Waals surface area (Å²) in [7, 11) is 3.31. The van der Waals surface area contributed by atoms with Crippen LogP contribution in [0.4, 0.5) is 0 Å². The van der Waals surface area contributed by atoms with E-state index >= 15 is 0 Å². The molecule has 0 unspecified atom stereocenters. The summed E-state index contributed by atoms with van der Waals surface area (Å²) < 4.78 is 10.7. The molecule has 1 aromatic carbocycles. The topological polar surface area (TPSA) is 43.4 Å². The van der Waals surface area contributed by atoms with Gasteiger partial charge in [0.15, 0.2) is 11.5 Å². The van der Waals surface area contributed by atoms with E-state index in [9.17, 15) is 0 Å². The lowest BCUT2D eigenvalue weighted by atomic mass is 10.1. The second-order valence-corrected chi connectivity index (χ2v) is 8.17. The van der Waals surface area contributed by atoms with Gasteiger partial charge in [0.05, 0.1) is 26.0 Å². The summed E-state index contributed by atoms with van der Waals surface area (Å²) in [5.74, 6) is 1.50. The van der Waals surface area contributed by atoms with Gasteiger partial charge in [-0.15, -0.1) is 11.3 Å². The number of nitrogens with one attached hydrogen (secondary N) is 1. The highest BCUT2D eigenvalue weighted by atomic mass is 32.1. The van der Waals surface area contributed by atoms with Gasteiger partial charge in [-0.1, -0.05) is 6.07 Å². The van der Waals surface area contributed by atoms with Gasteiger partial charge in [0.2, 0.25) is 0 Å². The number of hydrogen-bond donors (Lipinski definition) is 1. The highest BCUT2D eigenvalue weighted by Gasteiger charge is 2.18. The summed E-state index contributed by atoms with van der Waals surface area (Å²) in [6.07, 6.45) is 0.934. The molecule has 1 atom stereocenters. The van der Waals surface area contributed by atoms with E-state index in [1.165, 1.54) is 10.4 Å². The molecule has 3 rings (SSSR count). The highest BCUT2D eigenvalue weighted by molar-refractivity contribution is 7.11. The van der Waals surface area contributed by atoms with Gasteiger partial charge >= 0.3 is 0 Å². The predicted octanol–water partition coefficient (Wildman–Crippen LogP) is 4.91. The zero-order valence-electron chi connectivity index (χ0n) is 15.5. The Morgan fingerprint density at radius 1 is 1.08 bits per heavy atom. The quantitative estimate of drug-likeness (QED) is 0.595. The molecule has 1 N–H and O–H groups in total. The lowest BCUT2D eigenvalue weighted by molar-refractivity contribution is 0.354. The first-order valence-corrected chi connectivity index (χ1v) is 10.3. The monoisotopic (exact) mass is 388 g/mol. The molecule has 0 amide bonds. The Balaban J connectivity index is 1.77. The van der Waals surface area contributed by atoms with Gasteiger partial charge in [-0.2, -0.15) is 11.3 Å². The fraction of sp³-hybridized carbons (Fsp3) is 0.350. The molecule has 0 fully saturated rings. The molecule has 0 aliphatic rings. The summed E-state index contributed by atoms with van der Waals surface area (Å²) >= 11 is 3.51. The van der Waals surface area contributed by atoms with E-state index in [0.717, 1.165) is 40.7 Å². The number of ether oxygens (including phenoxy) is 2. The Morgan fingerprint density at radius 2 is 1.88 bits per heavy atom. The summed E-state index contributed by atoms with van der Waals surface area (Å²) in [6.45, 7) is 4.95. The minimum atomic E-state index is 0.190. The van der Waals surface area contributed by atoms with E-state index in [1.54, 1.807) is 36.9 Å². The number of thiophene rings is 1. The van der Waals surface area contributed by atoms with Gasteiger partial charge < -0.3 is 14.8 Å². The molecular weight excluding hydrogens is 364 g/mol. The largest absolute Gasteiger partial charge is 0.493 e. The standard InChI is InChI=1S/C20H24N2O2S2/c1-13-14(2)26-20(22-13)17(9-16-7-8-25-12-16)21-11-15-5-6-18(23-3)19(10-15)24-4/h5-8,10,12,17,21H,9,11H2,1-4H3/t17-/m1/s1. The van der Waals surface area contributed by atoms with Crippen molar-refractivity contribution in [2.24, 2.45) is 0 Å². The Bertz CT molecular complexity index is 824. The minimum absolute atomic E-state index is 0.190. The Morgan fingerprint density at radius 3 is 2.50 bits per heavy atom. The van der Waals surface area contributed by atoms with Crippen molar-refractivity contribution in [2.75, 3.05) is 14.2 Å². The van der Waals surface area contributed by atoms with Crippen molar-refractivity contribution in [2.45, 2.75) is 32.9 Å². The maximum atomic E-state index is 5.41. The number of aromatic nitrogens is 1. The van der Waals surface area contributed by atoms with Crippen LogP contribution in [-0.4, -0.2) is 19.2 Å². The van der Waals surface area contributed by atoms with Crippen LogP contribution >= 0.6 is 22.7 Å². The van der Waals surface area contributed by atoms with Gasteiger partial charge in [0.25, 0.3) is 0 Å². The molecule has 2 aromatic heterocycles. The van der Waals surface area contributed by atoms with Crippen molar-refractivity contribution in [1.82, 2.24) is 10.3 Å². The molecule has 0 bridgehead atoms. The summed E-state index contributed by atoms with van der Waals surface area (Å²) in [6, 6.07) is 8.40. The van der Waals surface area contributed by atoms with Crippen LogP contribution in [0.15, 0.2) is 35.0 Å². The maximum Gasteiger partial charge on any atom is 0.161 e. The van der Waals surface area contributed by atoms with Crippen LogP contribution in [0.25, 0.3) is 0 Å². The number of rotatable bonds is 8. The zero-order valence-corrected chi connectivity index (χ0v) is 17.2. The van der Waals surface area contributed by atoms with Gasteiger partial charge in [-0.25, -0.2) is 4.98 Å². The molecule has 0 radical (unpaired) electrons. The fourth-order valence-electron chi connectivity index (χ4n) is 2.77. The third kappa shape index (κ3) is 4.44. The zero-order chi connectivity index (χ0) is 18.5. The smallest absolute Gasteiger partial charge is 0.161 e. The second kappa shape index (κ2) is 8.66. The second-order valence-electron chi connectivity index (χ2n) is 6.15. The fourth-order valence-corrected chi connectivity index (χ4v) is 4.45. The summed E-state index contributed by atoms with van der Waals surface area (Å²) in [4.78, 5) is 6.06. The van der Waals surface area contributed by atoms with Gasteiger partial charge in [-0.05, 0) is 60.4 Å². The number of hydrogen-bond acceptors (Lipinski definition) is 6. The number of benzene rings is 1. The lowest BCUT2D eigenvalue weighted by Crippen LogP contribution is -2.22. The van der Waals surface area contributed by atoms with E-state index in [4.69, 9.17) is 14.5 Å². The molecule has 0 saturated heterocycles. The Hall–Kier alpha value is -1.89. The van der Waals surface area contributed by atoms with Crippen LogP contribution in [0.2, 0.25) is 0 Å². The van der Waals surface area contributed by atoms with Crippen LogP contribution in [0.3, 0.4) is 0 Å². The highest BCUT2D eigenvalue weighted by Crippen LogP contribution is 2.29. The van der Waals surface area contributed by atoms with E-state index in [0.29, 0.717) is 0 Å². The first kappa shape index (κ1) is 18.9. The van der Waals surface area contributed by atoms with Crippen molar-refractivity contribution in [1.29, 1.82) is 0 Å². The Labute approximate surface area is 162 Å². The molecule has 138 valence electrons. The molecule has 3 aromatic rings. The van der Waals surface area contributed by atoms with Crippen molar-refractivity contribution in [3.8, 4) is 11.5 Å². The van der Waals surface area contributed by atoms with E-state index < -0.39 is 0 Å². The molecule has 26 heavy (non-hydrogen) atoms. The van der Waals surface area contributed by atoms with Gasteiger partial charge in [0, 0.05) is 11.4 Å². The van der Waals surface area contributed by atoms with E-state index in [1.807, 2.05) is 12.1 Å². The molecule has 6 heteroatoms. The third-order valence-corrected chi connectivity index (χ3v) is 6.28. The van der Waals surface area contributed by atoms with Crippen LogP contribution in [0.1, 0.15) is 32.7 Å². The van der Waals surface area contributed by atoms with E-state index in [2.05, 4.69) is 42.1 Å². The van der Waals surface area contributed by atoms with Crippen molar-refractivity contribution >= 4 is 22.7 Å². The van der Waals surface area contributed by atoms with Gasteiger partial charge in [0.1, 0.15) is 5.01 Å². The Kier molecular flexibility index (Phi) is 6.29. The van der Waals surface area contributed by atoms with Crippen molar-refractivity contribution < 1.29 is 9.47 Å². The first-order chi connectivity index (χ1) is 12.6. The predicted molar refractivity (Wildman–Crippen MR) is 109 cm³/mol. The maximum absolute atomic E-state index is 5.41. The molecule has 2 heterocycles. The average Bonchev–Trinajstić information content (AvgIpc) is 3.28. The number of methoxy groups -OCH3 is 2. The molecule has 0 saturated carbocycles. The summed E-state index contributed by atoms with van der Waals surface area (Å²) in [5.41, 5.74) is 3.61. The SMILES string of the molecule is COc1ccc(CN[C@H](Cc2ccsc2)c2nc(C)c(C)s2)cc1OC.